The zero-order chi connectivity index (χ0) is 32.3. The molecule has 4 heterocycles. The van der Waals surface area contributed by atoms with Gasteiger partial charge in [-0.2, -0.15) is 0 Å². The van der Waals surface area contributed by atoms with Crippen molar-refractivity contribution in [1.29, 1.82) is 0 Å². The molecule has 4 amide bonds. The van der Waals surface area contributed by atoms with Crippen molar-refractivity contribution in [1.82, 2.24) is 15.2 Å². The van der Waals surface area contributed by atoms with Gasteiger partial charge in [-0.1, -0.05) is 48.6 Å². The minimum Gasteiger partial charge on any atom is -0.347 e. The van der Waals surface area contributed by atoms with Gasteiger partial charge in [0.15, 0.2) is 0 Å². The van der Waals surface area contributed by atoms with Crippen molar-refractivity contribution in [2.45, 2.75) is 45.6 Å². The van der Waals surface area contributed by atoms with Crippen LogP contribution in [0.1, 0.15) is 47.0 Å². The molecule has 0 radical (unpaired) electrons. The van der Waals surface area contributed by atoms with Crippen LogP contribution in [0.25, 0.3) is 10.2 Å². The highest BCUT2D eigenvalue weighted by atomic mass is 32.2. The van der Waals surface area contributed by atoms with E-state index in [4.69, 9.17) is 0 Å². The molecule has 1 fully saturated rings. The van der Waals surface area contributed by atoms with Gasteiger partial charge >= 0.3 is 6.03 Å². The maximum Gasteiger partial charge on any atom is 0.331 e. The predicted molar refractivity (Wildman–Crippen MR) is 180 cm³/mol. The molecular weight excluding hydrogens is 611 g/mol. The Bertz CT molecular complexity index is 1840. The molecule has 10 nitrogen and oxygen atoms in total. The first-order valence-electron chi connectivity index (χ1n) is 14.8. The average Bonchev–Trinajstić information content (AvgIpc) is 3.61. The number of carbonyl (C=O) groups is 3. The van der Waals surface area contributed by atoms with Gasteiger partial charge in [0.2, 0.25) is 5.91 Å². The number of amides is 4. The Balaban J connectivity index is 1.32. The maximum atomic E-state index is 13.6. The number of hydrogen-bond donors (Lipinski definition) is 2. The number of rotatable bonds is 11. The Hall–Kier alpha value is -4.29. The van der Waals surface area contributed by atoms with Crippen LogP contribution in [0.4, 0.5) is 21.9 Å². The van der Waals surface area contributed by atoms with Gasteiger partial charge in [-0.3, -0.25) is 14.5 Å². The zero-order valence-corrected chi connectivity index (χ0v) is 27.3. The number of nitrogens with zero attached hydrogens (tertiary/aromatic N) is 3. The standard InChI is InChI=1S/C33H37N5O5S2/c1-5-6-7-8-21(2)9-10-23-11-12-25(22(3)19-23)38-26-13-16-34-32-28(26)29(36-33(38)41)30(44-32)31(40)35-24-14-17-37(20-24)27(39)15-18-45(4,42)43/h5-8,11-13,16,19,24H,1,9-10,14-15,17-18,20H2,2-4H3,(H,35,40)(H,36,41)/b7-6-,21-8+/t24-/m1/s1. The van der Waals surface area contributed by atoms with Crippen LogP contribution >= 0.6 is 11.3 Å². The average molecular weight is 648 g/mol. The van der Waals surface area contributed by atoms with Crippen LogP contribution in [0.5, 0.6) is 0 Å². The van der Waals surface area contributed by atoms with Gasteiger partial charge in [-0.15, -0.1) is 11.3 Å². The largest absolute Gasteiger partial charge is 0.347 e. The van der Waals surface area contributed by atoms with Crippen molar-refractivity contribution in [3.63, 3.8) is 0 Å². The van der Waals surface area contributed by atoms with E-state index in [2.05, 4.69) is 41.3 Å². The highest BCUT2D eigenvalue weighted by Gasteiger charge is 2.35. The molecule has 5 rings (SSSR count). The molecule has 0 bridgehead atoms. The van der Waals surface area contributed by atoms with E-state index in [1.165, 1.54) is 22.5 Å². The summed E-state index contributed by atoms with van der Waals surface area (Å²) in [4.78, 5) is 48.2. The molecule has 0 aliphatic carbocycles. The summed E-state index contributed by atoms with van der Waals surface area (Å²) in [5.74, 6) is -0.804. The number of urea groups is 1. The summed E-state index contributed by atoms with van der Waals surface area (Å²) in [7, 11) is -3.24. The fraction of sp³-hybridized carbons (Fsp3) is 0.333. The topological polar surface area (TPSA) is 129 Å². The third-order valence-corrected chi connectivity index (χ3v) is 10.00. The summed E-state index contributed by atoms with van der Waals surface area (Å²) in [6, 6.07) is 7.24. The summed E-state index contributed by atoms with van der Waals surface area (Å²) >= 11 is 1.21. The first kappa shape index (κ1) is 32.1. The smallest absolute Gasteiger partial charge is 0.331 e. The van der Waals surface area contributed by atoms with Gasteiger partial charge in [0.25, 0.3) is 5.91 Å². The van der Waals surface area contributed by atoms with Gasteiger partial charge in [-0.25, -0.2) is 18.2 Å². The summed E-state index contributed by atoms with van der Waals surface area (Å²) in [6.45, 7) is 8.51. The van der Waals surface area contributed by atoms with E-state index in [-0.39, 0.29) is 36.1 Å². The summed E-state index contributed by atoms with van der Waals surface area (Å²) in [5.41, 5.74) is 5.22. The fourth-order valence-electron chi connectivity index (χ4n) is 5.62. The van der Waals surface area contributed by atoms with E-state index in [9.17, 15) is 22.8 Å². The van der Waals surface area contributed by atoms with Crippen molar-refractivity contribution in [3.05, 3.63) is 82.9 Å². The number of pyridine rings is 1. The second-order valence-electron chi connectivity index (χ2n) is 11.5. The number of anilines is 3. The van der Waals surface area contributed by atoms with E-state index < -0.39 is 9.84 Å². The fourth-order valence-corrected chi connectivity index (χ4v) is 7.18. The maximum absolute atomic E-state index is 13.6. The highest BCUT2D eigenvalue weighted by molar-refractivity contribution is 7.90. The Kier molecular flexibility index (Phi) is 9.54. The Morgan fingerprint density at radius 2 is 2.00 bits per heavy atom. The highest BCUT2D eigenvalue weighted by Crippen LogP contribution is 2.46. The lowest BCUT2D eigenvalue weighted by Gasteiger charge is -2.29. The van der Waals surface area contributed by atoms with Crippen LogP contribution in [0.3, 0.4) is 0 Å². The Morgan fingerprint density at radius 3 is 2.73 bits per heavy atom. The van der Waals surface area contributed by atoms with E-state index in [0.717, 1.165) is 30.3 Å². The molecule has 2 aliphatic rings. The number of benzene rings is 1. The van der Waals surface area contributed by atoms with Gasteiger partial charge < -0.3 is 15.5 Å². The predicted octanol–water partition coefficient (Wildman–Crippen LogP) is 5.67. The van der Waals surface area contributed by atoms with E-state index in [1.54, 1.807) is 28.1 Å². The van der Waals surface area contributed by atoms with Crippen LogP contribution in [0.2, 0.25) is 0 Å². The zero-order valence-electron chi connectivity index (χ0n) is 25.6. The van der Waals surface area contributed by atoms with Gasteiger partial charge in [-0.05, 0) is 56.4 Å². The second-order valence-corrected chi connectivity index (χ2v) is 14.8. The monoisotopic (exact) mass is 647 g/mol. The van der Waals surface area contributed by atoms with E-state index in [1.807, 2.05) is 31.2 Å². The van der Waals surface area contributed by atoms with Crippen LogP contribution in [0.15, 0.2) is 66.9 Å². The molecule has 1 atom stereocenters. The lowest BCUT2D eigenvalue weighted by Crippen LogP contribution is -2.39. The molecule has 2 aliphatic heterocycles. The normalized spacial score (nSPS) is 16.8. The van der Waals surface area contributed by atoms with Crippen LogP contribution in [-0.4, -0.2) is 67.3 Å². The lowest BCUT2D eigenvalue weighted by atomic mass is 10.0. The number of allylic oxidation sites excluding steroid dienone is 5. The molecule has 3 aromatic rings. The van der Waals surface area contributed by atoms with Crippen LogP contribution in [0, 0.1) is 6.92 Å². The lowest BCUT2D eigenvalue weighted by molar-refractivity contribution is -0.129. The molecule has 2 aromatic heterocycles. The van der Waals surface area contributed by atoms with Crippen molar-refractivity contribution in [3.8, 4) is 0 Å². The molecule has 45 heavy (non-hydrogen) atoms. The number of thiophene rings is 1. The number of aryl methyl sites for hydroxylation is 2. The number of likely N-dealkylation sites (tertiary alicyclic amines) is 1. The van der Waals surface area contributed by atoms with E-state index >= 15 is 0 Å². The van der Waals surface area contributed by atoms with Crippen molar-refractivity contribution < 1.29 is 22.8 Å². The molecule has 0 saturated carbocycles. The number of aromatic nitrogens is 1. The first-order chi connectivity index (χ1) is 21.4. The Labute approximate surface area is 267 Å². The SMILES string of the molecule is C=C/C=C\C=C(/C)CCc1ccc(N2C(=O)Nc3c(C(=O)N[C@@H]4CCN(C(=O)CCS(C)(=O)=O)C4)sc4nccc2c34)c(C)c1. The number of sulfone groups is 1. The molecule has 1 saturated heterocycles. The van der Waals surface area contributed by atoms with Crippen LogP contribution in [-0.2, 0) is 21.1 Å². The minimum atomic E-state index is -3.24. The molecule has 1 aromatic carbocycles. The minimum absolute atomic E-state index is 0.0790. The third kappa shape index (κ3) is 7.34. The van der Waals surface area contributed by atoms with Gasteiger partial charge in [0.05, 0.1) is 28.2 Å². The quantitative estimate of drug-likeness (QED) is 0.258. The van der Waals surface area contributed by atoms with E-state index in [0.29, 0.717) is 46.0 Å². The summed E-state index contributed by atoms with van der Waals surface area (Å²) < 4.78 is 22.9. The van der Waals surface area contributed by atoms with Gasteiger partial charge in [0.1, 0.15) is 19.5 Å². The number of carbonyl (C=O) groups excluding carboxylic acids is 3. The molecule has 2 N–H and O–H groups in total. The van der Waals surface area contributed by atoms with Crippen molar-refractivity contribution >= 4 is 66.3 Å². The first-order valence-corrected chi connectivity index (χ1v) is 17.7. The Morgan fingerprint density at radius 1 is 1.20 bits per heavy atom. The summed E-state index contributed by atoms with van der Waals surface area (Å²) in [5, 5.41) is 6.64. The molecule has 0 unspecified atom stereocenters. The van der Waals surface area contributed by atoms with Gasteiger partial charge in [0, 0.05) is 38.0 Å². The molecule has 0 spiro atoms. The number of hydrogen-bond acceptors (Lipinski definition) is 7. The summed E-state index contributed by atoms with van der Waals surface area (Å²) in [6.07, 6.45) is 12.7. The third-order valence-electron chi connectivity index (χ3n) is 7.95. The van der Waals surface area contributed by atoms with Crippen LogP contribution < -0.4 is 15.5 Å². The number of nitrogens with one attached hydrogen (secondary N) is 2. The second kappa shape index (κ2) is 13.4. The molecule has 236 valence electrons. The van der Waals surface area contributed by atoms with Crippen molar-refractivity contribution in [2.24, 2.45) is 0 Å². The van der Waals surface area contributed by atoms with Crippen molar-refractivity contribution in [2.75, 3.05) is 35.3 Å². The molecular formula is C33H37N5O5S2. The molecule has 12 heteroatoms.